The second-order valence-electron chi connectivity index (χ2n) is 6.47. The Labute approximate surface area is 190 Å². The predicted molar refractivity (Wildman–Crippen MR) is 128 cm³/mol. The molecule has 2 aromatic carbocycles. The molecule has 4 N–H and O–H groups in total. The van der Waals surface area contributed by atoms with Crippen molar-refractivity contribution in [2.45, 2.75) is 18.7 Å². The van der Waals surface area contributed by atoms with Crippen molar-refractivity contribution in [3.05, 3.63) is 65.0 Å². The van der Waals surface area contributed by atoms with Gasteiger partial charge in [-0.05, 0) is 55.9 Å². The molecule has 3 aromatic rings. The monoisotopic (exact) mass is 475 g/mol. The summed E-state index contributed by atoms with van der Waals surface area (Å²) in [6.07, 6.45) is 0. The van der Waals surface area contributed by atoms with Crippen LogP contribution in [0.4, 0.5) is 10.7 Å². The van der Waals surface area contributed by atoms with Crippen LogP contribution in [0.2, 0.25) is 0 Å². The maximum atomic E-state index is 12.8. The van der Waals surface area contributed by atoms with E-state index in [-0.39, 0.29) is 16.6 Å². The number of aryl methyl sites for hydroxylation is 1. The fraction of sp³-hybridized carbons (Fsp3) is 0.143. The lowest BCUT2D eigenvalue weighted by Gasteiger charge is -2.12. The number of hydrogen-bond acceptors (Lipinski definition) is 6. The van der Waals surface area contributed by atoms with Crippen LogP contribution in [0.1, 0.15) is 22.2 Å². The fourth-order valence-corrected chi connectivity index (χ4v) is 4.85. The van der Waals surface area contributed by atoms with Crippen molar-refractivity contribution in [3.63, 3.8) is 0 Å². The Bertz CT molecular complexity index is 1200. The maximum absolute atomic E-state index is 12.8. The number of ether oxygens (including phenoxy) is 1. The number of carbonyl (C=O) groups is 1. The highest BCUT2D eigenvalue weighted by atomic mass is 32.2. The van der Waals surface area contributed by atoms with E-state index in [2.05, 4.69) is 10.6 Å². The van der Waals surface area contributed by atoms with Crippen LogP contribution in [0.15, 0.2) is 59.5 Å². The minimum absolute atomic E-state index is 0.00269. The highest BCUT2D eigenvalue weighted by Gasteiger charge is 2.25. The summed E-state index contributed by atoms with van der Waals surface area (Å²) in [6.45, 7) is 3.94. The third kappa shape index (κ3) is 5.47. The molecule has 0 aliphatic heterocycles. The van der Waals surface area contributed by atoms with E-state index in [1.54, 1.807) is 19.1 Å². The molecule has 3 rings (SSSR count). The summed E-state index contributed by atoms with van der Waals surface area (Å²) in [7, 11) is -3.77. The first-order valence-corrected chi connectivity index (χ1v) is 12.0. The van der Waals surface area contributed by atoms with Gasteiger partial charge in [0.2, 0.25) is 10.0 Å². The molecule has 0 amide bonds. The van der Waals surface area contributed by atoms with E-state index in [1.165, 1.54) is 23.5 Å². The van der Waals surface area contributed by atoms with Crippen LogP contribution < -0.4 is 15.8 Å². The van der Waals surface area contributed by atoms with Crippen LogP contribution in [0.3, 0.4) is 0 Å². The standard InChI is InChI=1S/C21H21N3O4S3/c1-3-28-20(25)18-17(14-7-5-4-6-8-14)13(2)30-19(18)24-21(29)23-15-9-11-16(12-10-15)31(22,26)27/h4-12H,3H2,1-2H3,(H2,22,26,27)(H2,23,24,29). The number of hydrogen-bond donors (Lipinski definition) is 3. The largest absolute Gasteiger partial charge is 0.462 e. The van der Waals surface area contributed by atoms with Gasteiger partial charge in [0.15, 0.2) is 5.11 Å². The van der Waals surface area contributed by atoms with Crippen LogP contribution in [0.5, 0.6) is 0 Å². The predicted octanol–water partition coefficient (Wildman–Crippen LogP) is 4.36. The molecule has 0 spiro atoms. The van der Waals surface area contributed by atoms with Crippen LogP contribution in [-0.4, -0.2) is 26.1 Å². The third-order valence-electron chi connectivity index (χ3n) is 4.29. The van der Waals surface area contributed by atoms with Gasteiger partial charge in [0, 0.05) is 16.1 Å². The lowest BCUT2D eigenvalue weighted by molar-refractivity contribution is 0.0529. The zero-order valence-electron chi connectivity index (χ0n) is 16.8. The normalized spacial score (nSPS) is 11.1. The minimum Gasteiger partial charge on any atom is -0.462 e. The Hall–Kier alpha value is -2.79. The molecule has 0 atom stereocenters. The quantitative estimate of drug-likeness (QED) is 0.359. The van der Waals surface area contributed by atoms with E-state index in [0.29, 0.717) is 16.3 Å². The number of thiocarbonyl (C=S) groups is 1. The summed E-state index contributed by atoms with van der Waals surface area (Å²) < 4.78 is 28.1. The van der Waals surface area contributed by atoms with Gasteiger partial charge in [-0.15, -0.1) is 11.3 Å². The lowest BCUT2D eigenvalue weighted by Crippen LogP contribution is -2.20. The molecule has 10 heteroatoms. The Balaban J connectivity index is 1.88. The number of rotatable bonds is 6. The van der Waals surface area contributed by atoms with Gasteiger partial charge in [0.25, 0.3) is 0 Å². The van der Waals surface area contributed by atoms with E-state index in [4.69, 9.17) is 22.1 Å². The second-order valence-corrected chi connectivity index (χ2v) is 9.67. The number of benzene rings is 2. The molecule has 7 nitrogen and oxygen atoms in total. The number of nitrogens with two attached hydrogens (primary N) is 1. The van der Waals surface area contributed by atoms with E-state index in [1.807, 2.05) is 37.3 Å². The zero-order chi connectivity index (χ0) is 22.6. The van der Waals surface area contributed by atoms with Gasteiger partial charge in [-0.2, -0.15) is 0 Å². The SMILES string of the molecule is CCOC(=O)c1c(NC(=S)Nc2ccc(S(N)(=O)=O)cc2)sc(C)c1-c1ccccc1. The van der Waals surface area contributed by atoms with Gasteiger partial charge >= 0.3 is 5.97 Å². The van der Waals surface area contributed by atoms with E-state index in [9.17, 15) is 13.2 Å². The number of carbonyl (C=O) groups excluding carboxylic acids is 1. The van der Waals surface area contributed by atoms with Crippen LogP contribution in [-0.2, 0) is 14.8 Å². The number of primary sulfonamides is 1. The molecule has 31 heavy (non-hydrogen) atoms. The van der Waals surface area contributed by atoms with Crippen molar-refractivity contribution in [2.24, 2.45) is 5.14 Å². The van der Waals surface area contributed by atoms with Crippen molar-refractivity contribution >= 4 is 55.3 Å². The van der Waals surface area contributed by atoms with Gasteiger partial charge in [0.1, 0.15) is 10.6 Å². The number of esters is 1. The summed E-state index contributed by atoms with van der Waals surface area (Å²) in [4.78, 5) is 13.7. The molecule has 0 saturated heterocycles. The van der Waals surface area contributed by atoms with Gasteiger partial charge in [0.05, 0.1) is 11.5 Å². The van der Waals surface area contributed by atoms with Gasteiger partial charge in [-0.25, -0.2) is 18.4 Å². The van der Waals surface area contributed by atoms with Crippen molar-refractivity contribution < 1.29 is 17.9 Å². The Morgan fingerprint density at radius 3 is 2.32 bits per heavy atom. The third-order valence-corrected chi connectivity index (χ3v) is 6.45. The van der Waals surface area contributed by atoms with Crippen molar-refractivity contribution in [1.29, 1.82) is 0 Å². The zero-order valence-corrected chi connectivity index (χ0v) is 19.3. The van der Waals surface area contributed by atoms with Crippen LogP contribution >= 0.6 is 23.6 Å². The molecule has 1 aromatic heterocycles. The van der Waals surface area contributed by atoms with Gasteiger partial charge < -0.3 is 15.4 Å². The molecule has 0 radical (unpaired) electrons. The van der Waals surface area contributed by atoms with Crippen molar-refractivity contribution in [3.8, 4) is 11.1 Å². The Morgan fingerprint density at radius 2 is 1.74 bits per heavy atom. The Morgan fingerprint density at radius 1 is 1.10 bits per heavy atom. The molecule has 0 unspecified atom stereocenters. The lowest BCUT2D eigenvalue weighted by atomic mass is 10.0. The summed E-state index contributed by atoms with van der Waals surface area (Å²) in [5.41, 5.74) is 2.69. The first-order chi connectivity index (χ1) is 14.7. The second kappa shape index (κ2) is 9.56. The summed E-state index contributed by atoms with van der Waals surface area (Å²) in [5.74, 6) is -0.437. The highest BCUT2D eigenvalue weighted by molar-refractivity contribution is 7.89. The molecular weight excluding hydrogens is 454 g/mol. The average Bonchev–Trinajstić information content (AvgIpc) is 3.04. The minimum atomic E-state index is -3.77. The van der Waals surface area contributed by atoms with Crippen LogP contribution in [0.25, 0.3) is 11.1 Å². The first-order valence-electron chi connectivity index (χ1n) is 9.27. The number of sulfonamides is 1. The molecule has 0 aliphatic rings. The molecule has 0 bridgehead atoms. The number of thiophene rings is 1. The van der Waals surface area contributed by atoms with Crippen LogP contribution in [0, 0.1) is 6.92 Å². The topological polar surface area (TPSA) is 111 Å². The first kappa shape index (κ1) is 22.9. The number of anilines is 2. The summed E-state index contributed by atoms with van der Waals surface area (Å²) in [5, 5.41) is 12.0. The smallest absolute Gasteiger partial charge is 0.341 e. The van der Waals surface area contributed by atoms with E-state index in [0.717, 1.165) is 16.0 Å². The van der Waals surface area contributed by atoms with Gasteiger partial charge in [-0.1, -0.05) is 30.3 Å². The summed E-state index contributed by atoms with van der Waals surface area (Å²) in [6, 6.07) is 15.5. The summed E-state index contributed by atoms with van der Waals surface area (Å²) >= 11 is 6.79. The van der Waals surface area contributed by atoms with Crippen molar-refractivity contribution in [2.75, 3.05) is 17.2 Å². The van der Waals surface area contributed by atoms with Crippen molar-refractivity contribution in [1.82, 2.24) is 0 Å². The molecule has 1 heterocycles. The van der Waals surface area contributed by atoms with Gasteiger partial charge in [-0.3, -0.25) is 0 Å². The molecule has 0 fully saturated rings. The molecule has 162 valence electrons. The molecule has 0 aliphatic carbocycles. The van der Waals surface area contributed by atoms with E-state index >= 15 is 0 Å². The molecular formula is C21H21N3O4S3. The maximum Gasteiger partial charge on any atom is 0.341 e. The Kier molecular flexibility index (Phi) is 7.06. The fourth-order valence-electron chi connectivity index (χ4n) is 2.98. The van der Waals surface area contributed by atoms with E-state index < -0.39 is 16.0 Å². The highest BCUT2D eigenvalue weighted by Crippen LogP contribution is 2.40. The molecule has 0 saturated carbocycles. The number of nitrogens with one attached hydrogen (secondary N) is 2. The average molecular weight is 476 g/mol.